The molecule has 0 radical (unpaired) electrons. The lowest BCUT2D eigenvalue weighted by atomic mass is 10.2. The van der Waals surface area contributed by atoms with E-state index in [0.29, 0.717) is 9.39 Å². The minimum Gasteiger partial charge on any atom is -0.462 e. The van der Waals surface area contributed by atoms with Gasteiger partial charge in [-0.25, -0.2) is 14.3 Å². The molecule has 3 aromatic heterocycles. The first-order chi connectivity index (χ1) is 11.3. The molecule has 0 aliphatic rings. The number of aromatic nitrogens is 3. The Balaban J connectivity index is 2.27. The van der Waals surface area contributed by atoms with Gasteiger partial charge in [0.2, 0.25) is 0 Å². The molecule has 5 nitrogen and oxygen atoms in total. The van der Waals surface area contributed by atoms with E-state index >= 15 is 0 Å². The van der Waals surface area contributed by atoms with Crippen LogP contribution in [0, 0.1) is 6.92 Å². The number of hydrogen-bond acceptors (Lipinski definition) is 5. The number of esters is 1. The number of ether oxygens (including phenoxy) is 1. The van der Waals surface area contributed by atoms with Crippen molar-refractivity contribution in [2.45, 2.75) is 20.0 Å². The lowest BCUT2D eigenvalue weighted by Crippen LogP contribution is -2.14. The van der Waals surface area contributed by atoms with Crippen molar-refractivity contribution in [1.29, 1.82) is 0 Å². The van der Waals surface area contributed by atoms with Gasteiger partial charge in [0.1, 0.15) is 5.56 Å². The molecule has 0 aromatic carbocycles. The Morgan fingerprint density at radius 3 is 2.71 bits per heavy atom. The van der Waals surface area contributed by atoms with Gasteiger partial charge in [-0.3, -0.25) is 0 Å². The Kier molecular flexibility index (Phi) is 4.04. The predicted molar refractivity (Wildman–Crippen MR) is 82.0 cm³/mol. The van der Waals surface area contributed by atoms with Crippen LogP contribution in [0.15, 0.2) is 24.4 Å². The Morgan fingerprint density at radius 1 is 1.38 bits per heavy atom. The summed E-state index contributed by atoms with van der Waals surface area (Å²) in [6, 6.07) is 4.42. The number of alkyl halides is 3. The molecule has 3 heterocycles. The molecule has 0 aliphatic heterocycles. The van der Waals surface area contributed by atoms with Crippen LogP contribution in [0.5, 0.6) is 0 Å². The Morgan fingerprint density at radius 2 is 2.12 bits per heavy atom. The van der Waals surface area contributed by atoms with Gasteiger partial charge in [0, 0.05) is 4.88 Å². The number of thiophene rings is 1. The molecule has 24 heavy (non-hydrogen) atoms. The second-order valence-electron chi connectivity index (χ2n) is 4.95. The molecular weight excluding hydrogens is 343 g/mol. The largest absolute Gasteiger partial charge is 0.462 e. The maximum atomic E-state index is 13.4. The molecule has 0 unspecified atom stereocenters. The molecule has 0 N–H and O–H groups in total. The van der Waals surface area contributed by atoms with Crippen LogP contribution in [0.25, 0.3) is 16.2 Å². The SMILES string of the molecule is CCOC(=O)c1cnn2c(C(F)(F)F)cc(-c3ccc(C)s3)nc12. The molecule has 0 fully saturated rings. The molecule has 0 amide bonds. The number of carbonyl (C=O) groups is 1. The van der Waals surface area contributed by atoms with Gasteiger partial charge < -0.3 is 4.74 Å². The van der Waals surface area contributed by atoms with Crippen molar-refractivity contribution in [3.05, 3.63) is 40.5 Å². The number of fused-ring (bicyclic) bond motifs is 1. The third-order valence-corrected chi connectivity index (χ3v) is 4.27. The molecule has 0 atom stereocenters. The summed E-state index contributed by atoms with van der Waals surface area (Å²) in [5.41, 5.74) is -1.13. The third kappa shape index (κ3) is 2.86. The van der Waals surface area contributed by atoms with Gasteiger partial charge in [-0.15, -0.1) is 11.3 Å². The van der Waals surface area contributed by atoms with E-state index in [2.05, 4.69) is 10.1 Å². The van der Waals surface area contributed by atoms with E-state index in [9.17, 15) is 18.0 Å². The van der Waals surface area contributed by atoms with E-state index < -0.39 is 17.8 Å². The number of rotatable bonds is 3. The molecule has 126 valence electrons. The van der Waals surface area contributed by atoms with Gasteiger partial charge in [-0.2, -0.15) is 18.3 Å². The lowest BCUT2D eigenvalue weighted by Gasteiger charge is -2.10. The van der Waals surface area contributed by atoms with Crippen molar-refractivity contribution in [2.75, 3.05) is 6.61 Å². The van der Waals surface area contributed by atoms with E-state index in [0.717, 1.165) is 17.1 Å². The summed E-state index contributed by atoms with van der Waals surface area (Å²) in [5.74, 6) is -0.757. The Labute approximate surface area is 138 Å². The van der Waals surface area contributed by atoms with E-state index in [1.165, 1.54) is 11.3 Å². The van der Waals surface area contributed by atoms with Gasteiger partial charge in [0.05, 0.1) is 23.4 Å². The maximum Gasteiger partial charge on any atom is 0.433 e. The van der Waals surface area contributed by atoms with Crippen LogP contribution < -0.4 is 0 Å². The first-order valence-electron chi connectivity index (χ1n) is 7.01. The van der Waals surface area contributed by atoms with E-state index in [-0.39, 0.29) is 23.5 Å². The number of hydrogen-bond donors (Lipinski definition) is 0. The van der Waals surface area contributed by atoms with Crippen LogP contribution >= 0.6 is 11.3 Å². The number of aryl methyl sites for hydroxylation is 1. The molecule has 3 aromatic rings. The zero-order valence-corrected chi connectivity index (χ0v) is 13.5. The Bertz CT molecular complexity index is 914. The van der Waals surface area contributed by atoms with Gasteiger partial charge in [0.25, 0.3) is 0 Å². The fourth-order valence-corrected chi connectivity index (χ4v) is 3.04. The maximum absolute atomic E-state index is 13.4. The summed E-state index contributed by atoms with van der Waals surface area (Å²) < 4.78 is 45.6. The van der Waals surface area contributed by atoms with Crippen LogP contribution in [0.1, 0.15) is 27.9 Å². The third-order valence-electron chi connectivity index (χ3n) is 3.25. The van der Waals surface area contributed by atoms with Crippen LogP contribution in [0.3, 0.4) is 0 Å². The highest BCUT2D eigenvalue weighted by Gasteiger charge is 2.36. The van der Waals surface area contributed by atoms with Crippen LogP contribution in [0.4, 0.5) is 13.2 Å². The normalized spacial score (nSPS) is 11.9. The molecule has 0 bridgehead atoms. The summed E-state index contributed by atoms with van der Waals surface area (Å²) in [5, 5.41) is 3.67. The standard InChI is InChI=1S/C15H12F3N3O2S/c1-3-23-14(22)9-7-19-21-12(15(16,17)18)6-10(20-13(9)21)11-5-4-8(2)24-11/h4-7H,3H2,1-2H3. The highest BCUT2D eigenvalue weighted by Crippen LogP contribution is 2.34. The molecule has 0 saturated carbocycles. The molecule has 3 rings (SSSR count). The van der Waals surface area contributed by atoms with Crippen LogP contribution in [-0.2, 0) is 10.9 Å². The predicted octanol–water partition coefficient (Wildman–Crippen LogP) is 3.96. The summed E-state index contributed by atoms with van der Waals surface area (Å²) >= 11 is 1.32. The molecular formula is C15H12F3N3O2S. The second-order valence-corrected chi connectivity index (χ2v) is 6.24. The first kappa shape index (κ1) is 16.4. The minimum atomic E-state index is -4.64. The highest BCUT2D eigenvalue weighted by atomic mass is 32.1. The molecule has 0 spiro atoms. The van der Waals surface area contributed by atoms with Gasteiger partial charge >= 0.3 is 12.1 Å². The summed E-state index contributed by atoms with van der Waals surface area (Å²) in [6.07, 6.45) is -3.60. The van der Waals surface area contributed by atoms with Crippen molar-refractivity contribution in [3.63, 3.8) is 0 Å². The topological polar surface area (TPSA) is 56.5 Å². The summed E-state index contributed by atoms with van der Waals surface area (Å²) in [7, 11) is 0. The Hall–Kier alpha value is -2.42. The van der Waals surface area contributed by atoms with Crippen molar-refractivity contribution >= 4 is 23.0 Å². The van der Waals surface area contributed by atoms with Gasteiger partial charge in [0.15, 0.2) is 11.3 Å². The number of nitrogens with zero attached hydrogens (tertiary/aromatic N) is 3. The average Bonchev–Trinajstić information content (AvgIpc) is 3.11. The molecule has 0 aliphatic carbocycles. The zero-order chi connectivity index (χ0) is 17.5. The second kappa shape index (κ2) is 5.90. The van der Waals surface area contributed by atoms with E-state index in [4.69, 9.17) is 4.74 Å². The number of halogens is 3. The quantitative estimate of drug-likeness (QED) is 0.667. The van der Waals surface area contributed by atoms with E-state index in [1.54, 1.807) is 19.1 Å². The minimum absolute atomic E-state index is 0.0996. The lowest BCUT2D eigenvalue weighted by molar-refractivity contribution is -0.142. The molecule has 0 saturated heterocycles. The highest BCUT2D eigenvalue weighted by molar-refractivity contribution is 7.15. The van der Waals surface area contributed by atoms with Gasteiger partial charge in [-0.05, 0) is 32.0 Å². The van der Waals surface area contributed by atoms with Crippen LogP contribution in [0.2, 0.25) is 0 Å². The van der Waals surface area contributed by atoms with Crippen molar-refractivity contribution in [1.82, 2.24) is 14.6 Å². The smallest absolute Gasteiger partial charge is 0.433 e. The average molecular weight is 355 g/mol. The zero-order valence-electron chi connectivity index (χ0n) is 12.7. The number of carbonyl (C=O) groups excluding carboxylic acids is 1. The van der Waals surface area contributed by atoms with Crippen molar-refractivity contribution < 1.29 is 22.7 Å². The van der Waals surface area contributed by atoms with Crippen molar-refractivity contribution in [3.8, 4) is 10.6 Å². The van der Waals surface area contributed by atoms with E-state index in [1.807, 2.05) is 6.92 Å². The summed E-state index contributed by atoms with van der Waals surface area (Å²) in [6.45, 7) is 3.56. The fraction of sp³-hybridized carbons (Fsp3) is 0.267. The van der Waals surface area contributed by atoms with Gasteiger partial charge in [-0.1, -0.05) is 0 Å². The monoisotopic (exact) mass is 355 g/mol. The summed E-state index contributed by atoms with van der Waals surface area (Å²) in [4.78, 5) is 17.7. The first-order valence-corrected chi connectivity index (χ1v) is 7.83. The van der Waals surface area contributed by atoms with Crippen molar-refractivity contribution in [2.24, 2.45) is 0 Å². The van der Waals surface area contributed by atoms with Crippen LogP contribution in [-0.4, -0.2) is 27.2 Å². The molecule has 9 heteroatoms. The fourth-order valence-electron chi connectivity index (χ4n) is 2.22.